The van der Waals surface area contributed by atoms with E-state index in [9.17, 15) is 4.79 Å². The highest BCUT2D eigenvalue weighted by Crippen LogP contribution is 2.07. The van der Waals surface area contributed by atoms with Crippen LogP contribution >= 0.6 is 24.0 Å². The summed E-state index contributed by atoms with van der Waals surface area (Å²) < 4.78 is 0. The van der Waals surface area contributed by atoms with Crippen molar-refractivity contribution in [3.05, 3.63) is 35.4 Å². The van der Waals surface area contributed by atoms with Crippen molar-refractivity contribution in [2.75, 3.05) is 21.1 Å². The molecule has 0 saturated carbocycles. The van der Waals surface area contributed by atoms with E-state index in [0.29, 0.717) is 18.2 Å². The molecule has 1 atom stereocenters. The standard InChI is InChI=1S/C20H34N4O.HI/c1-6-7-8-9-10-16(2)23-20(21-3)22-15-17-11-13-18(14-12-17)19(25)24(4)5;/h11-14,16H,6-10,15H2,1-5H3,(H2,21,22,23);1H. The number of nitrogens with one attached hydrogen (secondary N) is 2. The minimum Gasteiger partial charge on any atom is -0.354 e. The van der Waals surface area contributed by atoms with E-state index < -0.39 is 0 Å². The maximum absolute atomic E-state index is 11.9. The highest BCUT2D eigenvalue weighted by Gasteiger charge is 2.08. The Kier molecular flexibility index (Phi) is 13.1. The molecule has 1 aromatic carbocycles. The van der Waals surface area contributed by atoms with Crippen LogP contribution in [0.3, 0.4) is 0 Å². The second kappa shape index (κ2) is 13.8. The first-order chi connectivity index (χ1) is 12.0. The van der Waals surface area contributed by atoms with Gasteiger partial charge < -0.3 is 15.5 Å². The Morgan fingerprint density at radius 1 is 1.15 bits per heavy atom. The van der Waals surface area contributed by atoms with Gasteiger partial charge in [-0.3, -0.25) is 9.79 Å². The first kappa shape index (κ1) is 24.7. The molecule has 0 aliphatic heterocycles. The Bertz CT molecular complexity index is 543. The van der Waals surface area contributed by atoms with Gasteiger partial charge >= 0.3 is 0 Å². The highest BCUT2D eigenvalue weighted by molar-refractivity contribution is 14.0. The monoisotopic (exact) mass is 474 g/mol. The van der Waals surface area contributed by atoms with Crippen molar-refractivity contribution in [2.24, 2.45) is 4.99 Å². The average Bonchev–Trinajstić information content (AvgIpc) is 2.62. The summed E-state index contributed by atoms with van der Waals surface area (Å²) in [6.07, 6.45) is 6.28. The number of hydrogen-bond acceptors (Lipinski definition) is 2. The minimum atomic E-state index is 0. The predicted molar refractivity (Wildman–Crippen MR) is 121 cm³/mol. The fourth-order valence-electron chi connectivity index (χ4n) is 2.59. The van der Waals surface area contributed by atoms with Crippen LogP contribution in [0, 0.1) is 0 Å². The molecule has 0 bridgehead atoms. The second-order valence-electron chi connectivity index (χ2n) is 6.72. The summed E-state index contributed by atoms with van der Waals surface area (Å²) in [4.78, 5) is 17.8. The van der Waals surface area contributed by atoms with Gasteiger partial charge in [0.1, 0.15) is 0 Å². The molecule has 148 valence electrons. The Labute approximate surface area is 176 Å². The zero-order valence-corrected chi connectivity index (χ0v) is 19.2. The second-order valence-corrected chi connectivity index (χ2v) is 6.72. The molecule has 0 radical (unpaired) electrons. The molecular weight excluding hydrogens is 439 g/mol. The van der Waals surface area contributed by atoms with E-state index in [1.54, 1.807) is 26.0 Å². The number of rotatable bonds is 9. The molecule has 1 unspecified atom stereocenters. The lowest BCUT2D eigenvalue weighted by Gasteiger charge is -2.18. The van der Waals surface area contributed by atoms with Crippen LogP contribution in [-0.2, 0) is 6.54 Å². The van der Waals surface area contributed by atoms with Crippen LogP contribution in [0.25, 0.3) is 0 Å². The van der Waals surface area contributed by atoms with Gasteiger partial charge in [-0.2, -0.15) is 0 Å². The van der Waals surface area contributed by atoms with Gasteiger partial charge in [-0.25, -0.2) is 0 Å². The first-order valence-electron chi connectivity index (χ1n) is 9.25. The molecule has 1 aromatic rings. The van der Waals surface area contributed by atoms with Crippen LogP contribution in [0.1, 0.15) is 61.9 Å². The van der Waals surface area contributed by atoms with E-state index in [4.69, 9.17) is 0 Å². The number of amides is 1. The van der Waals surface area contributed by atoms with Gasteiger partial charge in [-0.05, 0) is 31.0 Å². The lowest BCUT2D eigenvalue weighted by molar-refractivity contribution is 0.0827. The molecule has 0 spiro atoms. The van der Waals surface area contributed by atoms with E-state index in [2.05, 4.69) is 29.5 Å². The van der Waals surface area contributed by atoms with Crippen LogP contribution in [0.5, 0.6) is 0 Å². The van der Waals surface area contributed by atoms with Gasteiger partial charge in [0.15, 0.2) is 5.96 Å². The molecule has 2 N–H and O–H groups in total. The number of unbranched alkanes of at least 4 members (excludes halogenated alkanes) is 3. The smallest absolute Gasteiger partial charge is 0.253 e. The molecule has 0 fully saturated rings. The van der Waals surface area contributed by atoms with E-state index in [1.165, 1.54) is 25.7 Å². The summed E-state index contributed by atoms with van der Waals surface area (Å²) in [5, 5.41) is 6.77. The summed E-state index contributed by atoms with van der Waals surface area (Å²) in [7, 11) is 5.31. The lowest BCUT2D eigenvalue weighted by atomic mass is 10.1. The fourth-order valence-corrected chi connectivity index (χ4v) is 2.59. The summed E-state index contributed by atoms with van der Waals surface area (Å²) in [5.41, 5.74) is 1.82. The lowest BCUT2D eigenvalue weighted by Crippen LogP contribution is -2.41. The third-order valence-corrected chi connectivity index (χ3v) is 4.16. The number of carbonyl (C=O) groups is 1. The van der Waals surface area contributed by atoms with Crippen molar-refractivity contribution >= 4 is 35.8 Å². The molecule has 5 nitrogen and oxygen atoms in total. The van der Waals surface area contributed by atoms with Gasteiger partial charge in [0.25, 0.3) is 5.91 Å². The van der Waals surface area contributed by atoms with Gasteiger partial charge in [0.05, 0.1) is 0 Å². The summed E-state index contributed by atoms with van der Waals surface area (Å²) in [5.74, 6) is 0.838. The maximum Gasteiger partial charge on any atom is 0.253 e. The topological polar surface area (TPSA) is 56.7 Å². The van der Waals surface area contributed by atoms with Crippen molar-refractivity contribution in [2.45, 2.75) is 58.5 Å². The SMILES string of the molecule is CCCCCCC(C)NC(=NC)NCc1ccc(C(=O)N(C)C)cc1.I. The van der Waals surface area contributed by atoms with E-state index >= 15 is 0 Å². The number of guanidine groups is 1. The zero-order chi connectivity index (χ0) is 18.7. The van der Waals surface area contributed by atoms with Crippen LogP contribution in [0.4, 0.5) is 0 Å². The van der Waals surface area contributed by atoms with Crippen LogP contribution < -0.4 is 10.6 Å². The van der Waals surface area contributed by atoms with Crippen molar-refractivity contribution in [3.8, 4) is 0 Å². The summed E-state index contributed by atoms with van der Waals surface area (Å²) in [6.45, 7) is 5.11. The third-order valence-electron chi connectivity index (χ3n) is 4.16. The molecule has 0 aliphatic rings. The predicted octanol–water partition coefficient (Wildman–Crippen LogP) is 4.03. The molecule has 0 aromatic heterocycles. The Morgan fingerprint density at radius 3 is 2.35 bits per heavy atom. The normalized spacial score (nSPS) is 12.1. The summed E-state index contributed by atoms with van der Waals surface area (Å²) in [6, 6.07) is 8.09. The summed E-state index contributed by atoms with van der Waals surface area (Å²) >= 11 is 0. The maximum atomic E-state index is 11.9. The van der Waals surface area contributed by atoms with Gasteiger partial charge in [-0.15, -0.1) is 24.0 Å². The molecule has 0 saturated heterocycles. The van der Waals surface area contributed by atoms with Crippen molar-refractivity contribution in [1.29, 1.82) is 0 Å². The number of halogens is 1. The number of benzene rings is 1. The van der Waals surface area contributed by atoms with Gasteiger partial charge in [-0.1, -0.05) is 44.7 Å². The largest absolute Gasteiger partial charge is 0.354 e. The Hall–Kier alpha value is -1.31. The molecule has 0 heterocycles. The number of nitrogens with zero attached hydrogens (tertiary/aromatic N) is 2. The molecular formula is C20H35IN4O. The number of carbonyl (C=O) groups excluding carboxylic acids is 1. The van der Waals surface area contributed by atoms with Crippen LogP contribution in [-0.4, -0.2) is 44.0 Å². The molecule has 26 heavy (non-hydrogen) atoms. The molecule has 1 rings (SSSR count). The zero-order valence-electron chi connectivity index (χ0n) is 16.8. The van der Waals surface area contributed by atoms with E-state index in [0.717, 1.165) is 17.9 Å². The van der Waals surface area contributed by atoms with Crippen LogP contribution in [0.15, 0.2) is 29.3 Å². The molecule has 1 amide bonds. The first-order valence-corrected chi connectivity index (χ1v) is 9.25. The minimum absolute atomic E-state index is 0. The van der Waals surface area contributed by atoms with Gasteiger partial charge in [0.2, 0.25) is 0 Å². The third kappa shape index (κ3) is 9.40. The molecule has 0 aliphatic carbocycles. The quantitative estimate of drug-likeness (QED) is 0.246. The van der Waals surface area contributed by atoms with Gasteiger partial charge in [0, 0.05) is 39.3 Å². The Morgan fingerprint density at radius 2 is 1.81 bits per heavy atom. The average molecular weight is 474 g/mol. The van der Waals surface area contributed by atoms with E-state index in [1.807, 2.05) is 24.3 Å². The fraction of sp³-hybridized carbons (Fsp3) is 0.600. The molecule has 6 heteroatoms. The number of aliphatic imine (C=N–C) groups is 1. The van der Waals surface area contributed by atoms with Crippen LogP contribution in [0.2, 0.25) is 0 Å². The Balaban J connectivity index is 0.00000625. The number of hydrogen-bond donors (Lipinski definition) is 2. The van der Waals surface area contributed by atoms with Crippen molar-refractivity contribution < 1.29 is 4.79 Å². The van der Waals surface area contributed by atoms with Crippen molar-refractivity contribution in [1.82, 2.24) is 15.5 Å². The van der Waals surface area contributed by atoms with E-state index in [-0.39, 0.29) is 29.9 Å². The van der Waals surface area contributed by atoms with Crippen molar-refractivity contribution in [3.63, 3.8) is 0 Å². The highest BCUT2D eigenvalue weighted by atomic mass is 127.